The molecular formula is C13H21N3O3. The van der Waals surface area contributed by atoms with Crippen LogP contribution >= 0.6 is 0 Å². The molecule has 1 rings (SSSR count). The van der Waals surface area contributed by atoms with Crippen molar-refractivity contribution >= 4 is 11.9 Å². The fourth-order valence-electron chi connectivity index (χ4n) is 1.75. The second-order valence-corrected chi connectivity index (χ2v) is 5.80. The first kappa shape index (κ1) is 15.4. The van der Waals surface area contributed by atoms with Crippen molar-refractivity contribution in [2.24, 2.45) is 5.41 Å². The third-order valence-corrected chi connectivity index (χ3v) is 2.55. The van der Waals surface area contributed by atoms with Gasteiger partial charge < -0.3 is 15.5 Å². The lowest BCUT2D eigenvalue weighted by atomic mass is 9.89. The Balaban J connectivity index is 2.59. The van der Waals surface area contributed by atoms with Gasteiger partial charge in [-0.3, -0.25) is 0 Å². The number of hydrogen-bond donors (Lipinski definition) is 3. The second kappa shape index (κ2) is 5.97. The summed E-state index contributed by atoms with van der Waals surface area (Å²) in [6.45, 7) is 8.11. The Morgan fingerprint density at radius 1 is 1.47 bits per heavy atom. The number of aromatic nitrogens is 2. The van der Waals surface area contributed by atoms with E-state index in [1.807, 2.05) is 0 Å². The number of carbonyl (C=O) groups is 1. The molecule has 0 bridgehead atoms. The van der Waals surface area contributed by atoms with Crippen molar-refractivity contribution in [1.29, 1.82) is 0 Å². The first-order valence-corrected chi connectivity index (χ1v) is 6.18. The number of nitrogens with zero attached hydrogens (tertiary/aromatic N) is 2. The fourth-order valence-corrected chi connectivity index (χ4v) is 1.75. The second-order valence-electron chi connectivity index (χ2n) is 5.80. The topological polar surface area (TPSA) is 95.3 Å². The van der Waals surface area contributed by atoms with Crippen molar-refractivity contribution in [2.45, 2.75) is 40.2 Å². The molecule has 0 radical (unpaired) electrons. The molecule has 1 unspecified atom stereocenters. The monoisotopic (exact) mass is 267 g/mol. The largest absolute Gasteiger partial charge is 0.478 e. The van der Waals surface area contributed by atoms with Gasteiger partial charge in [-0.15, -0.1) is 0 Å². The normalized spacial score (nSPS) is 13.1. The summed E-state index contributed by atoms with van der Waals surface area (Å²) in [7, 11) is 0. The van der Waals surface area contributed by atoms with E-state index in [-0.39, 0.29) is 11.0 Å². The molecule has 0 spiro atoms. The minimum atomic E-state index is -1.04. The Bertz CT molecular complexity index is 455. The fraction of sp³-hybridized carbons (Fsp3) is 0.615. The Morgan fingerprint density at radius 2 is 2.11 bits per heavy atom. The van der Waals surface area contributed by atoms with Crippen LogP contribution in [0.2, 0.25) is 0 Å². The van der Waals surface area contributed by atoms with Crippen molar-refractivity contribution < 1.29 is 15.0 Å². The summed E-state index contributed by atoms with van der Waals surface area (Å²) in [4.78, 5) is 18.8. The van der Waals surface area contributed by atoms with Crippen molar-refractivity contribution in [1.82, 2.24) is 9.97 Å². The Kier molecular flexibility index (Phi) is 4.83. The van der Waals surface area contributed by atoms with Crippen LogP contribution in [0.5, 0.6) is 0 Å². The third kappa shape index (κ3) is 5.21. The van der Waals surface area contributed by atoms with Gasteiger partial charge in [0.1, 0.15) is 0 Å². The molecule has 0 aliphatic rings. The van der Waals surface area contributed by atoms with E-state index in [1.54, 1.807) is 6.92 Å². The zero-order chi connectivity index (χ0) is 14.6. The average Bonchev–Trinajstić information content (AvgIpc) is 2.23. The molecule has 19 heavy (non-hydrogen) atoms. The van der Waals surface area contributed by atoms with E-state index in [2.05, 4.69) is 36.1 Å². The zero-order valence-corrected chi connectivity index (χ0v) is 11.8. The minimum Gasteiger partial charge on any atom is -0.478 e. The Morgan fingerprint density at radius 3 is 2.58 bits per heavy atom. The van der Waals surface area contributed by atoms with Gasteiger partial charge in [0, 0.05) is 12.7 Å². The zero-order valence-electron chi connectivity index (χ0n) is 11.8. The number of hydrogen-bond acceptors (Lipinski definition) is 5. The highest BCUT2D eigenvalue weighted by molar-refractivity contribution is 5.88. The molecule has 3 N–H and O–H groups in total. The van der Waals surface area contributed by atoms with Crippen molar-refractivity contribution in [2.75, 3.05) is 11.9 Å². The number of aliphatic hydroxyl groups is 1. The third-order valence-electron chi connectivity index (χ3n) is 2.55. The van der Waals surface area contributed by atoms with E-state index in [0.717, 1.165) is 0 Å². The number of aryl methyl sites for hydroxylation is 1. The molecule has 0 saturated heterocycles. The van der Waals surface area contributed by atoms with Gasteiger partial charge in [0.2, 0.25) is 5.95 Å². The highest BCUT2D eigenvalue weighted by Gasteiger charge is 2.17. The molecule has 0 amide bonds. The molecule has 0 fully saturated rings. The lowest BCUT2D eigenvalue weighted by molar-refractivity contribution is 0.0695. The lowest BCUT2D eigenvalue weighted by Gasteiger charge is -2.22. The maximum Gasteiger partial charge on any atom is 0.339 e. The van der Waals surface area contributed by atoms with Crippen LogP contribution in [0.3, 0.4) is 0 Å². The van der Waals surface area contributed by atoms with Gasteiger partial charge in [-0.1, -0.05) is 20.8 Å². The number of rotatable bonds is 5. The predicted molar refractivity (Wildman–Crippen MR) is 72.3 cm³/mol. The summed E-state index contributed by atoms with van der Waals surface area (Å²) in [5.41, 5.74) is 0.529. The average molecular weight is 267 g/mol. The maximum atomic E-state index is 10.8. The van der Waals surface area contributed by atoms with Crippen LogP contribution in [0, 0.1) is 12.3 Å². The minimum absolute atomic E-state index is 0.0467. The van der Waals surface area contributed by atoms with Crippen LogP contribution < -0.4 is 5.32 Å². The lowest BCUT2D eigenvalue weighted by Crippen LogP contribution is -2.25. The van der Waals surface area contributed by atoms with Gasteiger partial charge in [0.15, 0.2) is 0 Å². The van der Waals surface area contributed by atoms with Crippen LogP contribution in [0.25, 0.3) is 0 Å². The number of nitrogens with one attached hydrogen (secondary N) is 1. The highest BCUT2D eigenvalue weighted by atomic mass is 16.4. The van der Waals surface area contributed by atoms with Crippen LogP contribution in [-0.2, 0) is 0 Å². The molecule has 0 aliphatic heterocycles. The van der Waals surface area contributed by atoms with Gasteiger partial charge in [-0.2, -0.15) is 0 Å². The van der Waals surface area contributed by atoms with E-state index in [9.17, 15) is 9.90 Å². The number of carboxylic acids is 1. The number of aromatic carboxylic acids is 1. The molecule has 1 heterocycles. The molecule has 0 aliphatic carbocycles. The number of carboxylic acid groups (broad SMARTS) is 1. The van der Waals surface area contributed by atoms with E-state index in [0.29, 0.717) is 24.6 Å². The van der Waals surface area contributed by atoms with Crippen LogP contribution in [0.4, 0.5) is 5.95 Å². The van der Waals surface area contributed by atoms with E-state index in [1.165, 1.54) is 6.20 Å². The molecule has 1 aromatic heterocycles. The summed E-state index contributed by atoms with van der Waals surface area (Å²) in [5, 5.41) is 21.6. The molecule has 0 aromatic carbocycles. The SMILES string of the molecule is Cc1nc(NCC(O)CC(C)(C)C)ncc1C(=O)O. The molecule has 106 valence electrons. The standard InChI is InChI=1S/C13H21N3O3/c1-8-10(11(18)19)7-15-12(16-8)14-6-9(17)5-13(2,3)4/h7,9,17H,5-6H2,1-4H3,(H,18,19)(H,14,15,16). The number of aliphatic hydroxyl groups excluding tert-OH is 1. The van der Waals surface area contributed by atoms with E-state index < -0.39 is 12.1 Å². The van der Waals surface area contributed by atoms with Crippen molar-refractivity contribution in [3.63, 3.8) is 0 Å². The first-order valence-electron chi connectivity index (χ1n) is 6.18. The smallest absolute Gasteiger partial charge is 0.339 e. The molecule has 6 nitrogen and oxygen atoms in total. The van der Waals surface area contributed by atoms with Gasteiger partial charge in [-0.05, 0) is 18.8 Å². The maximum absolute atomic E-state index is 10.8. The quantitative estimate of drug-likeness (QED) is 0.751. The summed E-state index contributed by atoms with van der Waals surface area (Å²) in [6.07, 6.45) is 1.43. The predicted octanol–water partition coefficient (Wildman–Crippen LogP) is 1.69. The van der Waals surface area contributed by atoms with Gasteiger partial charge >= 0.3 is 5.97 Å². The molecule has 1 atom stereocenters. The molecular weight excluding hydrogens is 246 g/mol. The Labute approximate surface area is 112 Å². The summed E-state index contributed by atoms with van der Waals surface area (Å²) >= 11 is 0. The van der Waals surface area contributed by atoms with Crippen molar-refractivity contribution in [3.8, 4) is 0 Å². The van der Waals surface area contributed by atoms with Gasteiger partial charge in [0.05, 0.1) is 17.4 Å². The molecule has 1 aromatic rings. The van der Waals surface area contributed by atoms with E-state index in [4.69, 9.17) is 5.11 Å². The summed E-state index contributed by atoms with van der Waals surface area (Å²) in [6, 6.07) is 0. The van der Waals surface area contributed by atoms with Crippen LogP contribution in [0.15, 0.2) is 6.20 Å². The Hall–Kier alpha value is -1.69. The highest BCUT2D eigenvalue weighted by Crippen LogP contribution is 2.20. The van der Waals surface area contributed by atoms with Crippen LogP contribution in [-0.4, -0.2) is 38.8 Å². The van der Waals surface area contributed by atoms with Gasteiger partial charge in [0.25, 0.3) is 0 Å². The number of anilines is 1. The molecule has 6 heteroatoms. The van der Waals surface area contributed by atoms with Crippen molar-refractivity contribution in [3.05, 3.63) is 17.5 Å². The van der Waals surface area contributed by atoms with E-state index >= 15 is 0 Å². The van der Waals surface area contributed by atoms with Crippen LogP contribution in [0.1, 0.15) is 43.2 Å². The molecule has 0 saturated carbocycles. The summed E-state index contributed by atoms with van der Waals surface area (Å²) < 4.78 is 0. The van der Waals surface area contributed by atoms with Gasteiger partial charge in [-0.25, -0.2) is 14.8 Å². The summed E-state index contributed by atoms with van der Waals surface area (Å²) in [5.74, 6) is -0.715. The first-order chi connectivity index (χ1) is 8.69.